The molecule has 1 aromatic carbocycles. The molecule has 0 atom stereocenters. The summed E-state index contributed by atoms with van der Waals surface area (Å²) in [4.78, 5) is 43.0. The molecule has 1 saturated carbocycles. The van der Waals surface area contributed by atoms with E-state index in [9.17, 15) is 19.5 Å². The van der Waals surface area contributed by atoms with Crippen molar-refractivity contribution >= 4 is 17.2 Å². The fourth-order valence-electron chi connectivity index (χ4n) is 3.51. The number of hydrogen-bond acceptors (Lipinski definition) is 6. The smallest absolute Gasteiger partial charge is 0.338 e. The summed E-state index contributed by atoms with van der Waals surface area (Å²) >= 11 is 1.54. The minimum absolute atomic E-state index is 0.213. The molecule has 2 N–H and O–H groups in total. The number of aryl methyl sites for hydroxylation is 1. The third-order valence-corrected chi connectivity index (χ3v) is 6.15. The Morgan fingerprint density at radius 1 is 1.26 bits per heavy atom. The Bertz CT molecular complexity index is 1240. The van der Waals surface area contributed by atoms with Gasteiger partial charge in [-0.05, 0) is 38.3 Å². The van der Waals surface area contributed by atoms with Crippen molar-refractivity contribution in [3.05, 3.63) is 61.1 Å². The molecule has 2 aromatic heterocycles. The first kappa shape index (κ1) is 21.0. The summed E-state index contributed by atoms with van der Waals surface area (Å²) in [6, 6.07) is 6.92. The van der Waals surface area contributed by atoms with Crippen LogP contribution in [0.5, 0.6) is 5.88 Å². The standard InChI is InChI=1S/C22H24N4O4S/c1-3-23-19(27)18-20(28)25(11-10-14-4-5-14)22(30)26(21(18)29)16-8-6-15(7-9-16)17-12-31-13(2)24-17/h6-9,12,14,29H,3-5,10-11H2,1-2H3,(H,23,27). The molecule has 31 heavy (non-hydrogen) atoms. The first-order valence-corrected chi connectivity index (χ1v) is 11.2. The molecule has 1 fully saturated rings. The van der Waals surface area contributed by atoms with E-state index in [0.717, 1.165) is 38.2 Å². The number of aromatic nitrogens is 3. The maximum Gasteiger partial charge on any atom is 0.338 e. The summed E-state index contributed by atoms with van der Waals surface area (Å²) in [6.07, 6.45) is 2.86. The van der Waals surface area contributed by atoms with Crippen molar-refractivity contribution in [1.29, 1.82) is 0 Å². The first-order valence-electron chi connectivity index (χ1n) is 10.3. The van der Waals surface area contributed by atoms with Gasteiger partial charge in [-0.2, -0.15) is 0 Å². The van der Waals surface area contributed by atoms with E-state index in [1.54, 1.807) is 42.5 Å². The van der Waals surface area contributed by atoms with Gasteiger partial charge in [-0.25, -0.2) is 14.3 Å². The van der Waals surface area contributed by atoms with Gasteiger partial charge in [0.25, 0.3) is 11.5 Å². The number of carbonyl (C=O) groups is 1. The van der Waals surface area contributed by atoms with Gasteiger partial charge in [-0.3, -0.25) is 14.2 Å². The maximum atomic E-state index is 13.2. The third-order valence-electron chi connectivity index (χ3n) is 5.38. The molecule has 4 rings (SSSR count). The van der Waals surface area contributed by atoms with Gasteiger partial charge in [0.1, 0.15) is 0 Å². The van der Waals surface area contributed by atoms with Crippen molar-refractivity contribution in [3.63, 3.8) is 0 Å². The van der Waals surface area contributed by atoms with Gasteiger partial charge >= 0.3 is 5.69 Å². The summed E-state index contributed by atoms with van der Waals surface area (Å²) in [5, 5.41) is 16.2. The highest BCUT2D eigenvalue weighted by Crippen LogP contribution is 2.32. The summed E-state index contributed by atoms with van der Waals surface area (Å²) in [5.74, 6) is -0.850. The lowest BCUT2D eigenvalue weighted by Crippen LogP contribution is -2.44. The molecule has 0 unspecified atom stereocenters. The highest BCUT2D eigenvalue weighted by atomic mass is 32.1. The molecule has 8 nitrogen and oxygen atoms in total. The van der Waals surface area contributed by atoms with Crippen LogP contribution in [0.3, 0.4) is 0 Å². The number of thiazole rings is 1. The monoisotopic (exact) mass is 440 g/mol. The van der Waals surface area contributed by atoms with Crippen molar-refractivity contribution < 1.29 is 9.90 Å². The first-order chi connectivity index (χ1) is 14.9. The number of aromatic hydroxyl groups is 1. The van der Waals surface area contributed by atoms with E-state index in [4.69, 9.17) is 0 Å². The fraction of sp³-hybridized carbons (Fsp3) is 0.364. The van der Waals surface area contributed by atoms with E-state index in [1.807, 2.05) is 12.3 Å². The van der Waals surface area contributed by atoms with Crippen LogP contribution in [0.2, 0.25) is 0 Å². The minimum atomic E-state index is -0.764. The predicted octanol–water partition coefficient (Wildman–Crippen LogP) is 2.69. The van der Waals surface area contributed by atoms with Crippen LogP contribution in [-0.2, 0) is 6.54 Å². The Morgan fingerprint density at radius 3 is 2.55 bits per heavy atom. The Kier molecular flexibility index (Phi) is 5.77. The number of hydrogen-bond donors (Lipinski definition) is 2. The van der Waals surface area contributed by atoms with Gasteiger partial charge < -0.3 is 10.4 Å². The maximum absolute atomic E-state index is 13.2. The summed E-state index contributed by atoms with van der Waals surface area (Å²) in [5.41, 5.74) is 0.211. The quantitative estimate of drug-likeness (QED) is 0.588. The molecule has 0 saturated heterocycles. The van der Waals surface area contributed by atoms with E-state index < -0.39 is 28.6 Å². The van der Waals surface area contributed by atoms with Crippen LogP contribution in [0, 0.1) is 12.8 Å². The lowest BCUT2D eigenvalue weighted by molar-refractivity contribution is 0.0949. The number of carbonyl (C=O) groups excluding carboxylic acids is 1. The fourth-order valence-corrected chi connectivity index (χ4v) is 4.14. The van der Waals surface area contributed by atoms with Crippen LogP contribution in [0.25, 0.3) is 16.9 Å². The van der Waals surface area contributed by atoms with E-state index in [1.165, 1.54) is 0 Å². The summed E-state index contributed by atoms with van der Waals surface area (Å²) in [7, 11) is 0. The van der Waals surface area contributed by atoms with Gasteiger partial charge in [-0.15, -0.1) is 11.3 Å². The molecule has 0 radical (unpaired) electrons. The van der Waals surface area contributed by atoms with E-state index in [2.05, 4.69) is 10.3 Å². The van der Waals surface area contributed by atoms with Gasteiger partial charge in [-0.1, -0.05) is 25.0 Å². The minimum Gasteiger partial charge on any atom is -0.493 e. The zero-order chi connectivity index (χ0) is 22.1. The average Bonchev–Trinajstić information content (AvgIpc) is 3.47. The van der Waals surface area contributed by atoms with Crippen molar-refractivity contribution in [3.8, 4) is 22.8 Å². The zero-order valence-electron chi connectivity index (χ0n) is 17.4. The number of nitrogens with zero attached hydrogens (tertiary/aromatic N) is 3. The van der Waals surface area contributed by atoms with Crippen molar-refractivity contribution in [1.82, 2.24) is 19.4 Å². The normalized spacial score (nSPS) is 13.4. The van der Waals surface area contributed by atoms with Crippen LogP contribution in [0.15, 0.2) is 39.2 Å². The molecule has 2 heterocycles. The second-order valence-corrected chi connectivity index (χ2v) is 8.73. The molecular weight excluding hydrogens is 416 g/mol. The molecule has 3 aromatic rings. The number of benzene rings is 1. The van der Waals surface area contributed by atoms with Crippen molar-refractivity contribution in [2.45, 2.75) is 39.7 Å². The summed E-state index contributed by atoms with van der Waals surface area (Å²) < 4.78 is 2.08. The number of rotatable bonds is 7. The van der Waals surface area contributed by atoms with Crippen LogP contribution in [0.1, 0.15) is 41.6 Å². The van der Waals surface area contributed by atoms with Gasteiger partial charge in [0.2, 0.25) is 5.88 Å². The molecule has 1 aliphatic rings. The topological polar surface area (TPSA) is 106 Å². The molecule has 9 heteroatoms. The van der Waals surface area contributed by atoms with Gasteiger partial charge in [0, 0.05) is 24.0 Å². The molecule has 1 amide bonds. The third kappa shape index (κ3) is 4.18. The van der Waals surface area contributed by atoms with E-state index in [0.29, 0.717) is 24.6 Å². The van der Waals surface area contributed by atoms with Gasteiger partial charge in [0.05, 0.1) is 16.4 Å². The second-order valence-electron chi connectivity index (χ2n) is 7.66. The zero-order valence-corrected chi connectivity index (χ0v) is 18.2. The predicted molar refractivity (Wildman–Crippen MR) is 119 cm³/mol. The molecule has 0 aliphatic heterocycles. The van der Waals surface area contributed by atoms with Crippen molar-refractivity contribution in [2.75, 3.05) is 6.54 Å². The Balaban J connectivity index is 1.82. The van der Waals surface area contributed by atoms with Crippen LogP contribution in [0.4, 0.5) is 0 Å². The summed E-state index contributed by atoms with van der Waals surface area (Å²) in [6.45, 7) is 4.15. The average molecular weight is 441 g/mol. The molecule has 1 aliphatic carbocycles. The van der Waals surface area contributed by atoms with Gasteiger partial charge in [0.15, 0.2) is 5.56 Å². The lowest BCUT2D eigenvalue weighted by atomic mass is 10.1. The number of nitrogens with one attached hydrogen (secondary N) is 1. The largest absolute Gasteiger partial charge is 0.493 e. The van der Waals surface area contributed by atoms with Crippen LogP contribution >= 0.6 is 11.3 Å². The van der Waals surface area contributed by atoms with Crippen molar-refractivity contribution in [2.24, 2.45) is 5.92 Å². The Morgan fingerprint density at radius 2 is 1.97 bits per heavy atom. The Labute approximate surface area is 182 Å². The van der Waals surface area contributed by atoms with E-state index >= 15 is 0 Å². The molecular formula is C22H24N4O4S. The number of amides is 1. The second kappa shape index (κ2) is 8.50. The van der Waals surface area contributed by atoms with E-state index in [-0.39, 0.29) is 6.54 Å². The SMILES string of the molecule is CCNC(=O)c1c(O)n(-c2ccc(-c3csc(C)n3)cc2)c(=O)n(CCC2CC2)c1=O. The molecule has 0 spiro atoms. The highest BCUT2D eigenvalue weighted by molar-refractivity contribution is 7.09. The molecule has 0 bridgehead atoms. The van der Waals surface area contributed by atoms with Crippen LogP contribution < -0.4 is 16.6 Å². The highest BCUT2D eigenvalue weighted by Gasteiger charge is 2.27. The Hall–Kier alpha value is -3.20. The molecule has 162 valence electrons. The lowest BCUT2D eigenvalue weighted by Gasteiger charge is -2.16. The van der Waals surface area contributed by atoms with Crippen LogP contribution in [-0.4, -0.2) is 31.7 Å².